The van der Waals surface area contributed by atoms with E-state index < -0.39 is 43.9 Å². The molecule has 1 aliphatic rings. The molecule has 0 unspecified atom stereocenters. The molecule has 2 aromatic carbocycles. The number of nitrogens with zero attached hydrogens (tertiary/aromatic N) is 2. The van der Waals surface area contributed by atoms with E-state index in [1.807, 2.05) is 0 Å². The predicted molar refractivity (Wildman–Crippen MR) is 132 cm³/mol. The monoisotopic (exact) mass is 543 g/mol. The molecule has 0 fully saturated rings. The molecule has 0 saturated carbocycles. The van der Waals surface area contributed by atoms with Gasteiger partial charge in [0, 0.05) is 25.2 Å². The van der Waals surface area contributed by atoms with Crippen molar-refractivity contribution in [3.05, 3.63) is 53.8 Å². The molecular formula is C23H30FN3O7S2. The molecule has 1 heterocycles. The second-order valence-electron chi connectivity index (χ2n) is 8.95. The van der Waals surface area contributed by atoms with Gasteiger partial charge in [-0.3, -0.25) is 9.52 Å². The van der Waals surface area contributed by atoms with Crippen molar-refractivity contribution in [3.8, 4) is 5.75 Å². The van der Waals surface area contributed by atoms with Gasteiger partial charge in [0.25, 0.3) is 5.91 Å². The highest BCUT2D eigenvalue weighted by Gasteiger charge is 2.35. The lowest BCUT2D eigenvalue weighted by Crippen LogP contribution is -2.50. The minimum Gasteiger partial charge on any atom is -0.488 e. The average Bonchev–Trinajstić information content (AvgIpc) is 2.80. The van der Waals surface area contributed by atoms with Crippen LogP contribution >= 0.6 is 0 Å². The van der Waals surface area contributed by atoms with Crippen LogP contribution in [0, 0.1) is 11.7 Å². The number of carbonyl (C=O) groups is 1. The standard InChI is InChI=1S/C23H30FN3O7S2/c1-15-12-27(16(2)14-28)23(29)20-11-18(25-35(4,30)31)7-10-21(20)34-22(15)13-26(3)36(32,33)19-8-5-17(24)6-9-19/h5-11,15-16,22,25,28H,12-14H2,1-4H3/t15-,16+,22+/m0/s1. The van der Waals surface area contributed by atoms with Gasteiger partial charge in [0.05, 0.1) is 35.9 Å². The van der Waals surface area contributed by atoms with Gasteiger partial charge in [0.1, 0.15) is 17.7 Å². The summed E-state index contributed by atoms with van der Waals surface area (Å²) < 4.78 is 72.3. The molecule has 0 spiro atoms. The maximum atomic E-state index is 13.4. The summed E-state index contributed by atoms with van der Waals surface area (Å²) in [6.07, 6.45) is 0.274. The first-order valence-corrected chi connectivity index (χ1v) is 14.5. The van der Waals surface area contributed by atoms with Gasteiger partial charge >= 0.3 is 0 Å². The minimum absolute atomic E-state index is 0.0740. The molecule has 0 aromatic heterocycles. The number of anilines is 1. The Kier molecular flexibility index (Phi) is 8.28. The number of sulfonamides is 2. The fraction of sp³-hybridized carbons (Fsp3) is 0.435. The van der Waals surface area contributed by atoms with Gasteiger partial charge in [0.2, 0.25) is 20.0 Å². The van der Waals surface area contributed by atoms with E-state index >= 15 is 0 Å². The van der Waals surface area contributed by atoms with Crippen LogP contribution in [-0.2, 0) is 20.0 Å². The van der Waals surface area contributed by atoms with Crippen LogP contribution in [0.3, 0.4) is 0 Å². The average molecular weight is 544 g/mol. The molecule has 3 atom stereocenters. The maximum Gasteiger partial charge on any atom is 0.258 e. The molecule has 0 saturated heterocycles. The second-order valence-corrected chi connectivity index (χ2v) is 12.7. The minimum atomic E-state index is -3.96. The lowest BCUT2D eigenvalue weighted by Gasteiger charge is -2.38. The first-order valence-electron chi connectivity index (χ1n) is 11.1. The van der Waals surface area contributed by atoms with Crippen molar-refractivity contribution in [2.24, 2.45) is 5.92 Å². The van der Waals surface area contributed by atoms with Gasteiger partial charge in [-0.15, -0.1) is 0 Å². The number of amides is 1. The van der Waals surface area contributed by atoms with Gasteiger partial charge in [-0.25, -0.2) is 21.2 Å². The summed E-state index contributed by atoms with van der Waals surface area (Å²) in [5, 5.41) is 9.74. The number of carbonyl (C=O) groups excluding carboxylic acids is 1. The topological polar surface area (TPSA) is 133 Å². The lowest BCUT2D eigenvalue weighted by molar-refractivity contribution is 0.0387. The third-order valence-corrected chi connectivity index (χ3v) is 8.37. The number of nitrogens with one attached hydrogen (secondary N) is 1. The fourth-order valence-corrected chi connectivity index (χ4v) is 5.59. The van der Waals surface area contributed by atoms with Crippen LogP contribution in [0.15, 0.2) is 47.4 Å². The summed E-state index contributed by atoms with van der Waals surface area (Å²) in [6, 6.07) is 8.16. The number of ether oxygens (including phenoxy) is 1. The van der Waals surface area contributed by atoms with Crippen LogP contribution in [0.5, 0.6) is 5.75 Å². The van der Waals surface area contributed by atoms with Gasteiger partial charge in [-0.2, -0.15) is 4.31 Å². The van der Waals surface area contributed by atoms with E-state index in [9.17, 15) is 31.1 Å². The van der Waals surface area contributed by atoms with Crippen LogP contribution < -0.4 is 9.46 Å². The van der Waals surface area contributed by atoms with Crippen LogP contribution in [0.2, 0.25) is 0 Å². The Morgan fingerprint density at radius 2 is 1.83 bits per heavy atom. The molecule has 0 radical (unpaired) electrons. The molecule has 1 amide bonds. The number of halogens is 1. The van der Waals surface area contributed by atoms with Crippen molar-refractivity contribution in [2.75, 3.05) is 37.7 Å². The van der Waals surface area contributed by atoms with Crippen molar-refractivity contribution >= 4 is 31.6 Å². The first-order chi connectivity index (χ1) is 16.7. The van der Waals surface area contributed by atoms with Crippen LogP contribution in [-0.4, -0.2) is 82.2 Å². The summed E-state index contributed by atoms with van der Waals surface area (Å²) in [5.41, 5.74) is 0.232. The number of hydrogen-bond donors (Lipinski definition) is 2. The van der Waals surface area contributed by atoms with Crippen molar-refractivity contribution in [1.82, 2.24) is 9.21 Å². The molecular weight excluding hydrogens is 513 g/mol. The molecule has 2 aromatic rings. The summed E-state index contributed by atoms with van der Waals surface area (Å²) in [4.78, 5) is 14.8. The smallest absolute Gasteiger partial charge is 0.258 e. The number of rotatable bonds is 8. The number of benzene rings is 2. The van der Waals surface area contributed by atoms with E-state index in [1.54, 1.807) is 13.8 Å². The molecule has 36 heavy (non-hydrogen) atoms. The van der Waals surface area contributed by atoms with E-state index in [4.69, 9.17) is 4.74 Å². The van der Waals surface area contributed by atoms with Crippen molar-refractivity contribution in [2.45, 2.75) is 30.9 Å². The number of aliphatic hydroxyl groups excluding tert-OH is 1. The summed E-state index contributed by atoms with van der Waals surface area (Å²) in [6.45, 7) is 3.24. The van der Waals surface area contributed by atoms with Crippen LogP contribution in [0.4, 0.5) is 10.1 Å². The molecule has 10 nitrogen and oxygen atoms in total. The van der Waals surface area contributed by atoms with E-state index in [-0.39, 0.29) is 47.5 Å². The molecule has 3 rings (SSSR count). The molecule has 1 aliphatic heterocycles. The first kappa shape index (κ1) is 27.8. The van der Waals surface area contributed by atoms with E-state index in [0.29, 0.717) is 0 Å². The normalized spacial score (nSPS) is 19.8. The Bertz CT molecular complexity index is 1320. The predicted octanol–water partition coefficient (Wildman–Crippen LogP) is 1.74. The zero-order chi connectivity index (χ0) is 26.8. The highest BCUT2D eigenvalue weighted by molar-refractivity contribution is 7.92. The molecule has 0 aliphatic carbocycles. The third kappa shape index (κ3) is 6.33. The summed E-state index contributed by atoms with van der Waals surface area (Å²) in [7, 11) is -6.18. The summed E-state index contributed by atoms with van der Waals surface area (Å²) in [5.74, 6) is -1.21. The van der Waals surface area contributed by atoms with Crippen molar-refractivity contribution in [3.63, 3.8) is 0 Å². The number of hydrogen-bond acceptors (Lipinski definition) is 7. The number of aliphatic hydroxyl groups is 1. The van der Waals surface area contributed by atoms with E-state index in [2.05, 4.69) is 4.72 Å². The van der Waals surface area contributed by atoms with E-state index in [1.165, 1.54) is 42.3 Å². The molecule has 0 bridgehead atoms. The zero-order valence-corrected chi connectivity index (χ0v) is 22.0. The van der Waals surface area contributed by atoms with E-state index in [0.717, 1.165) is 22.7 Å². The molecule has 2 N–H and O–H groups in total. The van der Waals surface area contributed by atoms with Gasteiger partial charge in [0.15, 0.2) is 0 Å². The second kappa shape index (κ2) is 10.7. The molecule has 13 heteroatoms. The van der Waals surface area contributed by atoms with Gasteiger partial charge in [-0.05, 0) is 49.4 Å². The Morgan fingerprint density at radius 3 is 2.42 bits per heavy atom. The Labute approximate surface area is 210 Å². The highest BCUT2D eigenvalue weighted by atomic mass is 32.2. The quantitative estimate of drug-likeness (QED) is 0.518. The van der Waals surface area contributed by atoms with Crippen molar-refractivity contribution in [1.29, 1.82) is 0 Å². The zero-order valence-electron chi connectivity index (χ0n) is 20.4. The third-order valence-electron chi connectivity index (χ3n) is 5.93. The Balaban J connectivity index is 1.99. The molecule has 198 valence electrons. The largest absolute Gasteiger partial charge is 0.488 e. The fourth-order valence-electron chi connectivity index (χ4n) is 3.86. The maximum absolute atomic E-state index is 13.4. The SMILES string of the molecule is C[C@H](CO)N1C[C@H](C)[C@@H](CN(C)S(=O)(=O)c2ccc(F)cc2)Oc2ccc(NS(C)(=O)=O)cc2C1=O. The highest BCUT2D eigenvalue weighted by Crippen LogP contribution is 2.31. The Morgan fingerprint density at radius 1 is 1.19 bits per heavy atom. The van der Waals surface area contributed by atoms with Gasteiger partial charge in [-0.1, -0.05) is 6.92 Å². The van der Waals surface area contributed by atoms with Crippen LogP contribution in [0.25, 0.3) is 0 Å². The van der Waals surface area contributed by atoms with Crippen molar-refractivity contribution < 1.29 is 35.9 Å². The summed E-state index contributed by atoms with van der Waals surface area (Å²) >= 11 is 0. The number of likely N-dealkylation sites (N-methyl/N-ethyl adjacent to an activating group) is 1. The number of fused-ring (bicyclic) bond motifs is 1. The lowest BCUT2D eigenvalue weighted by atomic mass is 9.99. The van der Waals surface area contributed by atoms with Gasteiger partial charge < -0.3 is 14.7 Å². The Hall–Kier alpha value is -2.74. The van der Waals surface area contributed by atoms with Crippen LogP contribution in [0.1, 0.15) is 24.2 Å².